The van der Waals surface area contributed by atoms with Crippen LogP contribution < -0.4 is 10.1 Å². The quantitative estimate of drug-likeness (QED) is 0.322. The van der Waals surface area contributed by atoms with Crippen LogP contribution in [0.3, 0.4) is 0 Å². The second-order valence-electron chi connectivity index (χ2n) is 7.49. The van der Waals surface area contributed by atoms with E-state index in [1.807, 2.05) is 56.3 Å². The van der Waals surface area contributed by atoms with Gasteiger partial charge in [-0.2, -0.15) is 0 Å². The van der Waals surface area contributed by atoms with Gasteiger partial charge in [-0.05, 0) is 55.3 Å². The van der Waals surface area contributed by atoms with Crippen LogP contribution in [0.15, 0.2) is 76.0 Å². The molecule has 2 aromatic heterocycles. The number of furan rings is 1. The van der Waals surface area contributed by atoms with Gasteiger partial charge in [-0.15, -0.1) is 0 Å². The van der Waals surface area contributed by atoms with Crippen molar-refractivity contribution in [1.29, 1.82) is 0 Å². The number of nitrogens with one attached hydrogen (secondary N) is 1. The molecule has 1 N–H and O–H groups in total. The predicted octanol–water partition coefficient (Wildman–Crippen LogP) is 6.29. The maximum Gasteiger partial charge on any atom is 0.244 e. The smallest absolute Gasteiger partial charge is 0.244 e. The summed E-state index contributed by atoms with van der Waals surface area (Å²) >= 11 is 3.54. The molecule has 0 aliphatic rings. The van der Waals surface area contributed by atoms with E-state index in [0.29, 0.717) is 12.3 Å². The summed E-state index contributed by atoms with van der Waals surface area (Å²) in [5, 5.41) is 3.86. The summed E-state index contributed by atoms with van der Waals surface area (Å²) < 4.78 is 12.6. The maximum absolute atomic E-state index is 12.5. The Morgan fingerprint density at radius 2 is 2.06 bits per heavy atom. The number of allylic oxidation sites excluding steroid dienone is 1. The number of hydrogen-bond donors (Lipinski definition) is 1. The average molecular weight is 491 g/mol. The first kappa shape index (κ1) is 21.8. The van der Waals surface area contributed by atoms with Crippen LogP contribution in [0, 0.1) is 6.92 Å². The Morgan fingerprint density at radius 1 is 1.22 bits per heavy atom. The normalized spacial score (nSPS) is 11.6. The van der Waals surface area contributed by atoms with E-state index in [9.17, 15) is 4.79 Å². The molecule has 2 aromatic carbocycles. The van der Waals surface area contributed by atoms with Crippen LogP contribution in [0.2, 0.25) is 0 Å². The minimum absolute atomic E-state index is 0.188. The lowest BCUT2D eigenvalue weighted by atomic mass is 9.96. The number of carbonyl (C=O) groups is 1. The van der Waals surface area contributed by atoms with Crippen LogP contribution in [0.5, 0.6) is 5.75 Å². The highest BCUT2D eigenvalue weighted by molar-refractivity contribution is 9.10. The molecule has 162 valence electrons. The number of hydrogen-bond acceptors (Lipinski definition) is 4. The van der Waals surface area contributed by atoms with Crippen molar-refractivity contribution in [3.8, 4) is 16.9 Å². The molecule has 0 aliphatic carbocycles. The Kier molecular flexibility index (Phi) is 6.42. The number of halogens is 1. The number of benzene rings is 2. The third kappa shape index (κ3) is 4.46. The zero-order valence-corrected chi connectivity index (χ0v) is 19.7. The Labute approximate surface area is 195 Å². The molecule has 32 heavy (non-hydrogen) atoms. The van der Waals surface area contributed by atoms with Crippen molar-refractivity contribution < 1.29 is 13.9 Å². The predicted molar refractivity (Wildman–Crippen MR) is 130 cm³/mol. The number of fused-ring (bicyclic) bond motifs is 1. The Hall–Kier alpha value is -3.38. The van der Waals surface area contributed by atoms with Crippen LogP contribution in [0.4, 0.5) is 0 Å². The number of aryl methyl sites for hydroxylation is 1. The van der Waals surface area contributed by atoms with Crippen molar-refractivity contribution in [3.05, 3.63) is 88.4 Å². The molecule has 0 saturated heterocycles. The zero-order valence-electron chi connectivity index (χ0n) is 18.1. The van der Waals surface area contributed by atoms with Crippen molar-refractivity contribution in [2.75, 3.05) is 7.11 Å². The maximum atomic E-state index is 12.5. The van der Waals surface area contributed by atoms with Gasteiger partial charge in [-0.3, -0.25) is 9.78 Å². The summed E-state index contributed by atoms with van der Waals surface area (Å²) in [6.07, 6.45) is 5.06. The van der Waals surface area contributed by atoms with Gasteiger partial charge >= 0.3 is 0 Å². The number of pyridine rings is 1. The fourth-order valence-corrected chi connectivity index (χ4v) is 4.16. The van der Waals surface area contributed by atoms with Crippen molar-refractivity contribution in [3.63, 3.8) is 0 Å². The van der Waals surface area contributed by atoms with Gasteiger partial charge in [-0.1, -0.05) is 34.1 Å². The zero-order chi connectivity index (χ0) is 22.7. The van der Waals surface area contributed by atoms with Crippen molar-refractivity contribution in [2.45, 2.75) is 20.4 Å². The Morgan fingerprint density at radius 3 is 2.78 bits per heavy atom. The Balaban J connectivity index is 1.71. The lowest BCUT2D eigenvalue weighted by molar-refractivity contribution is -0.116. The number of nitrogens with zero attached hydrogens (tertiary/aromatic N) is 1. The molecule has 0 bridgehead atoms. The van der Waals surface area contributed by atoms with Crippen molar-refractivity contribution in [2.24, 2.45) is 0 Å². The van der Waals surface area contributed by atoms with Gasteiger partial charge in [0.05, 0.1) is 25.6 Å². The summed E-state index contributed by atoms with van der Waals surface area (Å²) in [5.41, 5.74) is 6.15. The van der Waals surface area contributed by atoms with Crippen LogP contribution in [-0.4, -0.2) is 18.0 Å². The van der Waals surface area contributed by atoms with E-state index in [1.165, 1.54) is 0 Å². The van der Waals surface area contributed by atoms with Crippen molar-refractivity contribution >= 4 is 38.4 Å². The van der Waals surface area contributed by atoms with Crippen LogP contribution in [0.1, 0.15) is 23.7 Å². The largest absolute Gasteiger partial charge is 0.496 e. The first-order valence-electron chi connectivity index (χ1n) is 10.2. The monoisotopic (exact) mass is 490 g/mol. The van der Waals surface area contributed by atoms with Gasteiger partial charge in [0.25, 0.3) is 0 Å². The fourth-order valence-electron chi connectivity index (χ4n) is 3.76. The number of carbonyl (C=O) groups excluding carboxylic acids is 1. The van der Waals surface area contributed by atoms with E-state index in [2.05, 4.69) is 32.3 Å². The highest BCUT2D eigenvalue weighted by Crippen LogP contribution is 2.40. The number of amides is 1. The SMILES string of the molecule is COc1c(/C(C)=C/C(=O)NCc2ccccn2)cc2c(-c3cccc(Br)c3)coc2c1C. The van der Waals surface area contributed by atoms with Gasteiger partial charge in [0, 0.05) is 38.8 Å². The minimum atomic E-state index is -0.188. The molecule has 5 nitrogen and oxygen atoms in total. The number of rotatable bonds is 6. The summed E-state index contributed by atoms with van der Waals surface area (Å²) in [5.74, 6) is 0.506. The molecule has 4 rings (SSSR count). The first-order chi connectivity index (χ1) is 15.5. The molecule has 6 heteroatoms. The topological polar surface area (TPSA) is 64.4 Å². The molecule has 4 aromatic rings. The Bertz CT molecular complexity index is 1310. The molecule has 0 fully saturated rings. The summed E-state index contributed by atoms with van der Waals surface area (Å²) in [4.78, 5) is 16.8. The third-order valence-electron chi connectivity index (χ3n) is 5.33. The third-order valence-corrected chi connectivity index (χ3v) is 5.82. The molecule has 0 saturated carbocycles. The molecular weight excluding hydrogens is 468 g/mol. The summed E-state index contributed by atoms with van der Waals surface area (Å²) in [7, 11) is 1.63. The average Bonchev–Trinajstić information content (AvgIpc) is 3.23. The van der Waals surface area contributed by atoms with Crippen LogP contribution in [0.25, 0.3) is 27.7 Å². The lowest BCUT2D eigenvalue weighted by Crippen LogP contribution is -2.21. The van der Waals surface area contributed by atoms with Crippen molar-refractivity contribution in [1.82, 2.24) is 10.3 Å². The van der Waals surface area contributed by atoms with Gasteiger partial charge in [0.1, 0.15) is 11.3 Å². The highest BCUT2D eigenvalue weighted by atomic mass is 79.9. The van der Waals surface area contributed by atoms with Gasteiger partial charge in [0.2, 0.25) is 5.91 Å². The second-order valence-corrected chi connectivity index (χ2v) is 8.40. The number of methoxy groups -OCH3 is 1. The van der Waals surface area contributed by atoms with Gasteiger partial charge in [0.15, 0.2) is 0 Å². The van der Waals surface area contributed by atoms with E-state index in [4.69, 9.17) is 9.15 Å². The molecule has 0 spiro atoms. The molecule has 0 atom stereocenters. The standard InChI is InChI=1S/C26H23BrN2O3/c1-16(11-24(30)29-14-20-9-4-5-10-28-20)21-13-22-23(18-7-6-8-19(27)12-18)15-32-26(22)17(2)25(21)31-3/h4-13,15H,14H2,1-3H3,(H,29,30)/b16-11+. The molecule has 0 aliphatic heterocycles. The first-order valence-corrected chi connectivity index (χ1v) is 11.0. The number of ether oxygens (including phenoxy) is 1. The summed E-state index contributed by atoms with van der Waals surface area (Å²) in [6, 6.07) is 15.7. The van der Waals surface area contributed by atoms with Crippen LogP contribution >= 0.6 is 15.9 Å². The number of aromatic nitrogens is 1. The van der Waals surface area contributed by atoms with E-state index < -0.39 is 0 Å². The van der Waals surface area contributed by atoms with Gasteiger partial charge in [-0.25, -0.2) is 0 Å². The molecule has 1 amide bonds. The minimum Gasteiger partial charge on any atom is -0.496 e. The van der Waals surface area contributed by atoms with Gasteiger partial charge < -0.3 is 14.5 Å². The van der Waals surface area contributed by atoms with E-state index in [1.54, 1.807) is 25.6 Å². The summed E-state index contributed by atoms with van der Waals surface area (Å²) in [6.45, 7) is 4.24. The van der Waals surface area contributed by atoms with E-state index >= 15 is 0 Å². The molecular formula is C26H23BrN2O3. The lowest BCUT2D eigenvalue weighted by Gasteiger charge is -2.13. The van der Waals surface area contributed by atoms with E-state index in [0.717, 1.165) is 49.0 Å². The van der Waals surface area contributed by atoms with E-state index in [-0.39, 0.29) is 5.91 Å². The highest BCUT2D eigenvalue weighted by Gasteiger charge is 2.19. The fraction of sp³-hybridized carbons (Fsp3) is 0.154. The molecule has 0 unspecified atom stereocenters. The second kappa shape index (κ2) is 9.40. The molecule has 0 radical (unpaired) electrons. The molecule has 2 heterocycles. The van der Waals surface area contributed by atoms with Crippen LogP contribution in [-0.2, 0) is 11.3 Å².